The fraction of sp³-hybridized carbons (Fsp3) is 0. The van der Waals surface area contributed by atoms with Gasteiger partial charge in [-0.25, -0.2) is 9.82 Å². The Labute approximate surface area is 156 Å². The van der Waals surface area contributed by atoms with Crippen molar-refractivity contribution in [1.29, 1.82) is 0 Å². The van der Waals surface area contributed by atoms with Crippen molar-refractivity contribution in [1.82, 2.24) is 4.98 Å². The molecule has 0 atom stereocenters. The Hall–Kier alpha value is -3.73. The number of halogens is 1. The first-order chi connectivity index (χ1) is 13.3. The van der Waals surface area contributed by atoms with Crippen molar-refractivity contribution in [2.75, 3.05) is 5.43 Å². The SMILES string of the molecule is Fc1ccccc1/C=N/Nc1nc(-c2ccccc2)c(-c2ccccc2)o1. The Morgan fingerprint density at radius 2 is 1.44 bits per heavy atom. The molecule has 1 aromatic heterocycles. The summed E-state index contributed by atoms with van der Waals surface area (Å²) >= 11 is 0. The fourth-order valence-corrected chi connectivity index (χ4v) is 2.68. The number of hydrogen-bond donors (Lipinski definition) is 1. The molecule has 0 aliphatic carbocycles. The molecule has 0 saturated heterocycles. The van der Waals surface area contributed by atoms with Crippen LogP contribution in [-0.2, 0) is 0 Å². The molecule has 0 radical (unpaired) electrons. The average molecular weight is 357 g/mol. The first-order valence-corrected chi connectivity index (χ1v) is 8.46. The van der Waals surface area contributed by atoms with E-state index in [4.69, 9.17) is 4.42 Å². The van der Waals surface area contributed by atoms with E-state index in [1.807, 2.05) is 60.7 Å². The van der Waals surface area contributed by atoms with Gasteiger partial charge in [0.15, 0.2) is 5.76 Å². The van der Waals surface area contributed by atoms with E-state index < -0.39 is 0 Å². The fourth-order valence-electron chi connectivity index (χ4n) is 2.68. The van der Waals surface area contributed by atoms with Crippen molar-refractivity contribution in [3.05, 3.63) is 96.3 Å². The van der Waals surface area contributed by atoms with E-state index in [9.17, 15) is 4.39 Å². The molecule has 4 aromatic rings. The first-order valence-electron chi connectivity index (χ1n) is 8.46. The monoisotopic (exact) mass is 357 g/mol. The molecule has 4 rings (SSSR count). The molecule has 3 aromatic carbocycles. The molecule has 132 valence electrons. The lowest BCUT2D eigenvalue weighted by Crippen LogP contribution is -1.93. The van der Waals surface area contributed by atoms with Gasteiger partial charge in [-0.1, -0.05) is 78.9 Å². The summed E-state index contributed by atoms with van der Waals surface area (Å²) in [6.07, 6.45) is 1.39. The van der Waals surface area contributed by atoms with Gasteiger partial charge in [0.25, 0.3) is 0 Å². The molecule has 5 heteroatoms. The van der Waals surface area contributed by atoms with Gasteiger partial charge in [0.2, 0.25) is 0 Å². The second kappa shape index (κ2) is 7.66. The highest BCUT2D eigenvalue weighted by Crippen LogP contribution is 2.34. The van der Waals surface area contributed by atoms with Gasteiger partial charge >= 0.3 is 6.01 Å². The molecule has 0 aliphatic heterocycles. The molecule has 0 bridgehead atoms. The highest BCUT2D eigenvalue weighted by molar-refractivity contribution is 5.81. The minimum absolute atomic E-state index is 0.236. The Bertz CT molecular complexity index is 1000. The second-order valence-corrected chi connectivity index (χ2v) is 5.82. The van der Waals surface area contributed by atoms with Crippen LogP contribution >= 0.6 is 0 Å². The maximum atomic E-state index is 13.7. The van der Waals surface area contributed by atoms with Gasteiger partial charge < -0.3 is 4.42 Å². The summed E-state index contributed by atoms with van der Waals surface area (Å²) in [4.78, 5) is 4.53. The number of benzene rings is 3. The van der Waals surface area contributed by atoms with Crippen LogP contribution in [-0.4, -0.2) is 11.2 Å². The van der Waals surface area contributed by atoms with E-state index in [-0.39, 0.29) is 11.8 Å². The Morgan fingerprint density at radius 1 is 0.815 bits per heavy atom. The molecule has 0 spiro atoms. The predicted molar refractivity (Wildman–Crippen MR) is 105 cm³/mol. The van der Waals surface area contributed by atoms with Crippen LogP contribution in [0.3, 0.4) is 0 Å². The zero-order chi connectivity index (χ0) is 18.5. The first kappa shape index (κ1) is 16.7. The van der Waals surface area contributed by atoms with Crippen LogP contribution in [0.15, 0.2) is 94.4 Å². The minimum atomic E-state index is -0.342. The van der Waals surface area contributed by atoms with E-state index in [2.05, 4.69) is 15.5 Å². The zero-order valence-corrected chi connectivity index (χ0v) is 14.3. The van der Waals surface area contributed by atoms with Crippen LogP contribution < -0.4 is 5.43 Å². The van der Waals surface area contributed by atoms with Crippen molar-refractivity contribution in [2.24, 2.45) is 5.10 Å². The topological polar surface area (TPSA) is 50.4 Å². The van der Waals surface area contributed by atoms with Crippen molar-refractivity contribution in [3.63, 3.8) is 0 Å². The molecule has 0 aliphatic rings. The molecular weight excluding hydrogens is 341 g/mol. The molecule has 0 amide bonds. The summed E-state index contributed by atoms with van der Waals surface area (Å²) in [5, 5.41) is 4.04. The number of nitrogens with one attached hydrogen (secondary N) is 1. The third-order valence-electron chi connectivity index (χ3n) is 3.98. The number of aromatic nitrogens is 1. The highest BCUT2D eigenvalue weighted by atomic mass is 19.1. The molecule has 1 N–H and O–H groups in total. The van der Waals surface area contributed by atoms with E-state index >= 15 is 0 Å². The lowest BCUT2D eigenvalue weighted by Gasteiger charge is -2.00. The Balaban J connectivity index is 1.66. The number of anilines is 1. The van der Waals surface area contributed by atoms with Gasteiger partial charge in [0, 0.05) is 16.7 Å². The van der Waals surface area contributed by atoms with Crippen molar-refractivity contribution in [2.45, 2.75) is 0 Å². The summed E-state index contributed by atoms with van der Waals surface area (Å²) < 4.78 is 19.6. The maximum Gasteiger partial charge on any atom is 0.316 e. The van der Waals surface area contributed by atoms with Crippen molar-refractivity contribution < 1.29 is 8.81 Å². The van der Waals surface area contributed by atoms with Gasteiger partial charge in [0.1, 0.15) is 11.5 Å². The summed E-state index contributed by atoms with van der Waals surface area (Å²) in [7, 11) is 0. The van der Waals surface area contributed by atoms with Gasteiger partial charge in [-0.05, 0) is 6.07 Å². The third-order valence-corrected chi connectivity index (χ3v) is 3.98. The molecule has 0 fully saturated rings. The molecule has 0 saturated carbocycles. The summed E-state index contributed by atoms with van der Waals surface area (Å²) in [5.41, 5.74) is 5.69. The van der Waals surface area contributed by atoms with Crippen LogP contribution in [0, 0.1) is 5.82 Å². The third kappa shape index (κ3) is 3.77. The maximum absolute atomic E-state index is 13.7. The summed E-state index contributed by atoms with van der Waals surface area (Å²) in [6, 6.07) is 26.2. The standard InChI is InChI=1S/C22H16FN3O/c23-19-14-8-7-13-18(19)15-24-26-22-25-20(16-9-3-1-4-10-16)21(27-22)17-11-5-2-6-12-17/h1-15H,(H,25,26)/b24-15+. The second-order valence-electron chi connectivity index (χ2n) is 5.82. The van der Waals surface area contributed by atoms with E-state index in [0.29, 0.717) is 17.0 Å². The van der Waals surface area contributed by atoms with Gasteiger partial charge in [-0.15, -0.1) is 0 Å². The zero-order valence-electron chi connectivity index (χ0n) is 14.3. The molecule has 27 heavy (non-hydrogen) atoms. The quantitative estimate of drug-likeness (QED) is 0.374. The highest BCUT2D eigenvalue weighted by Gasteiger charge is 2.16. The van der Waals surface area contributed by atoms with E-state index in [1.165, 1.54) is 12.3 Å². The van der Waals surface area contributed by atoms with Gasteiger partial charge in [0.05, 0.1) is 6.21 Å². The average Bonchev–Trinajstić information content (AvgIpc) is 3.15. The number of rotatable bonds is 5. The van der Waals surface area contributed by atoms with E-state index in [0.717, 1.165) is 11.1 Å². The normalized spacial score (nSPS) is 11.0. The van der Waals surface area contributed by atoms with Gasteiger partial charge in [-0.2, -0.15) is 10.1 Å². The Kier molecular flexibility index (Phi) is 4.74. The smallest absolute Gasteiger partial charge is 0.316 e. The van der Waals surface area contributed by atoms with Crippen LogP contribution in [0.25, 0.3) is 22.6 Å². The van der Waals surface area contributed by atoms with Crippen molar-refractivity contribution >= 4 is 12.2 Å². The predicted octanol–water partition coefficient (Wildman–Crippen LogP) is 5.59. The lowest BCUT2D eigenvalue weighted by atomic mass is 10.1. The van der Waals surface area contributed by atoms with Crippen LogP contribution in [0.2, 0.25) is 0 Å². The Morgan fingerprint density at radius 3 is 2.15 bits per heavy atom. The molecule has 0 unspecified atom stereocenters. The molecule has 1 heterocycles. The number of nitrogens with zero attached hydrogens (tertiary/aromatic N) is 2. The molecule has 4 nitrogen and oxygen atoms in total. The number of hydrogen-bond acceptors (Lipinski definition) is 4. The summed E-state index contributed by atoms with van der Waals surface area (Å²) in [6.45, 7) is 0. The van der Waals surface area contributed by atoms with Crippen LogP contribution in [0.1, 0.15) is 5.56 Å². The van der Waals surface area contributed by atoms with Crippen molar-refractivity contribution in [3.8, 4) is 22.6 Å². The van der Waals surface area contributed by atoms with Gasteiger partial charge in [-0.3, -0.25) is 0 Å². The number of hydrazone groups is 1. The molecular formula is C22H16FN3O. The lowest BCUT2D eigenvalue weighted by molar-refractivity contribution is 0.587. The van der Waals surface area contributed by atoms with Crippen LogP contribution in [0.5, 0.6) is 0 Å². The van der Waals surface area contributed by atoms with Crippen LogP contribution in [0.4, 0.5) is 10.4 Å². The van der Waals surface area contributed by atoms with E-state index in [1.54, 1.807) is 18.2 Å². The summed E-state index contributed by atoms with van der Waals surface area (Å²) in [5.74, 6) is 0.302. The number of oxazole rings is 1. The largest absolute Gasteiger partial charge is 0.422 e. The minimum Gasteiger partial charge on any atom is -0.422 e.